The summed E-state index contributed by atoms with van der Waals surface area (Å²) in [6, 6.07) is 8.12. The minimum Gasteiger partial charge on any atom is -0.303 e. The van der Waals surface area contributed by atoms with E-state index in [9.17, 15) is 4.79 Å². The lowest BCUT2D eigenvalue weighted by molar-refractivity contribution is 0.111. The van der Waals surface area contributed by atoms with Crippen LogP contribution >= 0.6 is 11.6 Å². The molecule has 0 aliphatic rings. The Bertz CT molecular complexity index is 1090. The van der Waals surface area contributed by atoms with Gasteiger partial charge in [0.25, 0.3) is 0 Å². The van der Waals surface area contributed by atoms with Gasteiger partial charge in [0.05, 0.1) is 17.3 Å². The summed E-state index contributed by atoms with van der Waals surface area (Å²) < 4.78 is 3.98. The molecular formula is C20H21ClN4O. The fraction of sp³-hybridized carbons (Fsp3) is 0.250. The predicted molar refractivity (Wildman–Crippen MR) is 105 cm³/mol. The number of fused-ring (bicyclic) bond motifs is 2. The van der Waals surface area contributed by atoms with Crippen molar-refractivity contribution >= 4 is 29.2 Å². The number of carbonyl (C=O) groups is 1. The third kappa shape index (κ3) is 2.88. The van der Waals surface area contributed by atoms with Crippen molar-refractivity contribution in [3.8, 4) is 11.3 Å². The van der Waals surface area contributed by atoms with E-state index in [0.717, 1.165) is 45.8 Å². The first-order chi connectivity index (χ1) is 12.6. The molecule has 0 bridgehead atoms. The normalized spacial score (nSPS) is 10.8. The predicted octanol–water partition coefficient (Wildman–Crippen LogP) is 4.84. The Morgan fingerprint density at radius 2 is 1.77 bits per heavy atom. The van der Waals surface area contributed by atoms with Crippen LogP contribution in [-0.4, -0.2) is 25.1 Å². The maximum Gasteiger partial charge on any atom is 0.170 e. The number of aryl methyl sites for hydroxylation is 2. The van der Waals surface area contributed by atoms with Crippen molar-refractivity contribution in [2.75, 3.05) is 0 Å². The Morgan fingerprint density at radius 1 is 1.00 bits per heavy atom. The topological polar surface area (TPSA) is 51.7 Å². The summed E-state index contributed by atoms with van der Waals surface area (Å²) in [5, 5.41) is 0. The Labute approximate surface area is 157 Å². The van der Waals surface area contributed by atoms with Crippen LogP contribution in [0.25, 0.3) is 22.6 Å². The average Bonchev–Trinajstić information content (AvgIpc) is 3.30. The molecule has 0 spiro atoms. The number of halogens is 1. The molecule has 26 heavy (non-hydrogen) atoms. The Morgan fingerprint density at radius 3 is 2.46 bits per heavy atom. The average molecular weight is 369 g/mol. The molecule has 0 unspecified atom stereocenters. The molecule has 0 atom stereocenters. The molecule has 0 aliphatic heterocycles. The molecular weight excluding hydrogens is 348 g/mol. The van der Waals surface area contributed by atoms with Crippen LogP contribution in [0.5, 0.6) is 0 Å². The van der Waals surface area contributed by atoms with Gasteiger partial charge in [-0.05, 0) is 37.6 Å². The monoisotopic (exact) mass is 368 g/mol. The molecule has 0 fully saturated rings. The molecule has 134 valence electrons. The van der Waals surface area contributed by atoms with E-state index in [4.69, 9.17) is 11.6 Å². The second-order valence-electron chi connectivity index (χ2n) is 5.83. The summed E-state index contributed by atoms with van der Waals surface area (Å²) in [7, 11) is 0. The number of nitrogens with zero attached hydrogens (tertiary/aromatic N) is 4. The molecule has 0 N–H and O–H groups in total. The van der Waals surface area contributed by atoms with Crippen LogP contribution in [0.1, 0.15) is 41.3 Å². The van der Waals surface area contributed by atoms with E-state index in [1.54, 1.807) is 6.20 Å². The lowest BCUT2D eigenvalue weighted by Crippen LogP contribution is -1.97. The number of hydrogen-bond acceptors (Lipinski definition) is 3. The minimum absolute atomic E-state index is 0.365. The van der Waals surface area contributed by atoms with Gasteiger partial charge in [0.1, 0.15) is 17.0 Å². The van der Waals surface area contributed by atoms with Crippen LogP contribution in [0.15, 0.2) is 36.7 Å². The van der Waals surface area contributed by atoms with Gasteiger partial charge in [-0.1, -0.05) is 19.9 Å². The van der Waals surface area contributed by atoms with Gasteiger partial charge in [-0.2, -0.15) is 0 Å². The third-order valence-electron chi connectivity index (χ3n) is 4.23. The first-order valence-corrected chi connectivity index (χ1v) is 9.13. The molecule has 0 saturated carbocycles. The van der Waals surface area contributed by atoms with Gasteiger partial charge in [-0.15, -0.1) is 11.6 Å². The largest absolute Gasteiger partial charge is 0.303 e. The van der Waals surface area contributed by atoms with Crippen molar-refractivity contribution in [2.24, 2.45) is 0 Å². The van der Waals surface area contributed by atoms with Gasteiger partial charge in [-0.3, -0.25) is 9.20 Å². The Kier molecular flexibility index (Phi) is 5.09. The first-order valence-electron chi connectivity index (χ1n) is 8.60. The second-order valence-corrected chi connectivity index (χ2v) is 6.09. The van der Waals surface area contributed by atoms with Gasteiger partial charge in [0.15, 0.2) is 6.29 Å². The van der Waals surface area contributed by atoms with Crippen molar-refractivity contribution in [2.45, 2.75) is 33.6 Å². The summed E-state index contributed by atoms with van der Waals surface area (Å²) in [5.74, 6) is 0.365. The lowest BCUT2D eigenvalue weighted by Gasteiger charge is -2.10. The van der Waals surface area contributed by atoms with Crippen LogP contribution in [0.3, 0.4) is 0 Å². The van der Waals surface area contributed by atoms with Crippen LogP contribution in [0, 0.1) is 13.8 Å². The maximum absolute atomic E-state index is 11.1. The van der Waals surface area contributed by atoms with Gasteiger partial charge >= 0.3 is 0 Å². The van der Waals surface area contributed by atoms with E-state index in [1.807, 2.05) is 67.0 Å². The standard InChI is InChI=1S/C18H15ClN4O.C2H6/c1-11-3-6-16(23-9-14(10-24)21-17(11)23)15-5-4-12(2)22-8-13(7-19)20-18(15)22;1-2/h3-6,8-10H,7H2,1-2H3;1-2H3. The van der Waals surface area contributed by atoms with E-state index in [1.165, 1.54) is 0 Å². The molecule has 4 aromatic heterocycles. The fourth-order valence-electron chi connectivity index (χ4n) is 3.01. The van der Waals surface area contributed by atoms with E-state index in [0.29, 0.717) is 11.6 Å². The molecule has 4 aromatic rings. The highest BCUT2D eigenvalue weighted by molar-refractivity contribution is 6.16. The Balaban J connectivity index is 0.000000948. The van der Waals surface area contributed by atoms with Crippen LogP contribution in [0.4, 0.5) is 0 Å². The molecule has 0 amide bonds. The molecule has 4 rings (SSSR count). The van der Waals surface area contributed by atoms with Crippen molar-refractivity contribution in [1.82, 2.24) is 18.8 Å². The second kappa shape index (κ2) is 7.30. The fourth-order valence-corrected chi connectivity index (χ4v) is 3.13. The lowest BCUT2D eigenvalue weighted by atomic mass is 10.1. The third-order valence-corrected chi connectivity index (χ3v) is 4.50. The Hall–Kier alpha value is -2.66. The number of alkyl halides is 1. The van der Waals surface area contributed by atoms with E-state index < -0.39 is 0 Å². The first kappa shape index (κ1) is 18.1. The molecule has 4 heterocycles. The quantitative estimate of drug-likeness (QED) is 0.384. The summed E-state index contributed by atoms with van der Waals surface area (Å²) >= 11 is 5.96. The number of imidazole rings is 2. The highest BCUT2D eigenvalue weighted by Crippen LogP contribution is 2.28. The van der Waals surface area contributed by atoms with E-state index in [-0.39, 0.29) is 0 Å². The highest BCUT2D eigenvalue weighted by Gasteiger charge is 2.14. The highest BCUT2D eigenvalue weighted by atomic mass is 35.5. The van der Waals surface area contributed by atoms with E-state index in [2.05, 4.69) is 9.97 Å². The SMILES string of the molecule is CC.Cc1ccc(-c2ccc(C)n3cc(CCl)nc23)n2cc(C=O)nc12. The van der Waals surface area contributed by atoms with Gasteiger partial charge in [-0.25, -0.2) is 9.97 Å². The van der Waals surface area contributed by atoms with Crippen LogP contribution < -0.4 is 0 Å². The van der Waals surface area contributed by atoms with E-state index >= 15 is 0 Å². The van der Waals surface area contributed by atoms with Crippen molar-refractivity contribution in [3.63, 3.8) is 0 Å². The number of pyridine rings is 2. The number of aromatic nitrogens is 4. The van der Waals surface area contributed by atoms with Crippen LogP contribution in [-0.2, 0) is 5.88 Å². The number of carbonyl (C=O) groups excluding carboxylic acids is 1. The molecule has 5 nitrogen and oxygen atoms in total. The zero-order chi connectivity index (χ0) is 18.8. The minimum atomic E-state index is 0.365. The molecule has 6 heteroatoms. The van der Waals surface area contributed by atoms with Crippen molar-refractivity contribution in [3.05, 3.63) is 59.3 Å². The number of hydrogen-bond donors (Lipinski definition) is 0. The number of aldehydes is 1. The zero-order valence-electron chi connectivity index (χ0n) is 15.3. The summed E-state index contributed by atoms with van der Waals surface area (Å²) in [4.78, 5) is 20.2. The van der Waals surface area contributed by atoms with Crippen molar-refractivity contribution < 1.29 is 4.79 Å². The maximum atomic E-state index is 11.1. The molecule has 0 aromatic carbocycles. The summed E-state index contributed by atoms with van der Waals surface area (Å²) in [6.07, 6.45) is 4.48. The molecule has 0 radical (unpaired) electrons. The van der Waals surface area contributed by atoms with Crippen LogP contribution in [0.2, 0.25) is 0 Å². The summed E-state index contributed by atoms with van der Waals surface area (Å²) in [6.45, 7) is 8.01. The zero-order valence-corrected chi connectivity index (χ0v) is 16.1. The van der Waals surface area contributed by atoms with Gasteiger partial charge in [0.2, 0.25) is 0 Å². The molecule has 0 saturated heterocycles. The smallest absolute Gasteiger partial charge is 0.170 e. The number of rotatable bonds is 3. The van der Waals surface area contributed by atoms with Crippen molar-refractivity contribution in [1.29, 1.82) is 0 Å². The van der Waals surface area contributed by atoms with Gasteiger partial charge in [0, 0.05) is 23.7 Å². The summed E-state index contributed by atoms with van der Waals surface area (Å²) in [5.41, 5.74) is 6.87. The molecule has 0 aliphatic carbocycles. The van der Waals surface area contributed by atoms with Gasteiger partial charge < -0.3 is 4.40 Å².